The predicted octanol–water partition coefficient (Wildman–Crippen LogP) is 5.11. The van der Waals surface area contributed by atoms with Gasteiger partial charge in [-0.25, -0.2) is 0 Å². The molecule has 174 valence electrons. The van der Waals surface area contributed by atoms with Gasteiger partial charge in [-0.15, -0.1) is 0 Å². The molecule has 2 N–H and O–H groups in total. The Hall–Kier alpha value is -3.02. The van der Waals surface area contributed by atoms with Crippen LogP contribution < -0.4 is 15.4 Å². The van der Waals surface area contributed by atoms with Crippen LogP contribution in [0.4, 0.5) is 11.4 Å². The minimum absolute atomic E-state index is 0.116. The van der Waals surface area contributed by atoms with Crippen LogP contribution in [0, 0.1) is 0 Å². The van der Waals surface area contributed by atoms with Gasteiger partial charge < -0.3 is 20.3 Å². The molecule has 2 rings (SSSR count). The molecule has 0 saturated heterocycles. The Labute approximate surface area is 192 Å². The van der Waals surface area contributed by atoms with Gasteiger partial charge in [-0.1, -0.05) is 44.7 Å². The van der Waals surface area contributed by atoms with Crippen molar-refractivity contribution in [1.82, 2.24) is 4.90 Å². The van der Waals surface area contributed by atoms with Crippen molar-refractivity contribution < 1.29 is 14.3 Å². The van der Waals surface area contributed by atoms with E-state index < -0.39 is 0 Å². The van der Waals surface area contributed by atoms with E-state index in [4.69, 9.17) is 4.74 Å². The fourth-order valence-corrected chi connectivity index (χ4v) is 3.18. The van der Waals surface area contributed by atoms with E-state index in [0.717, 1.165) is 35.7 Å². The lowest BCUT2D eigenvalue weighted by Gasteiger charge is -2.11. The minimum Gasteiger partial charge on any atom is -0.494 e. The van der Waals surface area contributed by atoms with Gasteiger partial charge in [0.15, 0.2) is 0 Å². The molecular formula is C26H37N3O3. The summed E-state index contributed by atoms with van der Waals surface area (Å²) >= 11 is 0. The summed E-state index contributed by atoms with van der Waals surface area (Å²) in [5.74, 6) is 0.824. The maximum Gasteiger partial charge on any atom is 0.243 e. The number of aryl methyl sites for hydroxylation is 1. The van der Waals surface area contributed by atoms with Crippen LogP contribution in [0.5, 0.6) is 5.75 Å². The topological polar surface area (TPSA) is 70.7 Å². The van der Waals surface area contributed by atoms with Crippen LogP contribution in [0.2, 0.25) is 0 Å². The van der Waals surface area contributed by atoms with Crippen molar-refractivity contribution in [1.29, 1.82) is 0 Å². The number of nitrogens with one attached hydrogen (secondary N) is 2. The molecule has 0 unspecified atom stereocenters. The second kappa shape index (κ2) is 14.1. The fraction of sp³-hybridized carbons (Fsp3) is 0.462. The van der Waals surface area contributed by atoms with E-state index in [1.54, 1.807) is 19.0 Å². The van der Waals surface area contributed by atoms with Crippen LogP contribution >= 0.6 is 0 Å². The maximum absolute atomic E-state index is 12.2. The predicted molar refractivity (Wildman–Crippen MR) is 131 cm³/mol. The van der Waals surface area contributed by atoms with Crippen LogP contribution in [0.1, 0.15) is 51.0 Å². The summed E-state index contributed by atoms with van der Waals surface area (Å²) in [6.45, 7) is 3.11. The molecule has 6 heteroatoms. The summed E-state index contributed by atoms with van der Waals surface area (Å²) in [5.41, 5.74) is 2.71. The highest BCUT2D eigenvalue weighted by Crippen LogP contribution is 2.17. The third-order valence-electron chi connectivity index (χ3n) is 5.19. The first-order chi connectivity index (χ1) is 15.5. The van der Waals surface area contributed by atoms with Crippen molar-refractivity contribution in [3.63, 3.8) is 0 Å². The third-order valence-corrected chi connectivity index (χ3v) is 5.19. The van der Waals surface area contributed by atoms with Gasteiger partial charge in [0, 0.05) is 31.9 Å². The molecular weight excluding hydrogens is 402 g/mol. The average molecular weight is 440 g/mol. The van der Waals surface area contributed by atoms with Gasteiger partial charge in [0.05, 0.1) is 13.2 Å². The number of hydrogen-bond acceptors (Lipinski definition) is 4. The first kappa shape index (κ1) is 25.2. The van der Waals surface area contributed by atoms with Gasteiger partial charge in [0.1, 0.15) is 5.75 Å². The van der Waals surface area contributed by atoms with E-state index in [-0.39, 0.29) is 18.4 Å². The molecule has 32 heavy (non-hydrogen) atoms. The van der Waals surface area contributed by atoms with Gasteiger partial charge >= 0.3 is 0 Å². The minimum atomic E-state index is -0.116. The Morgan fingerprint density at radius 2 is 1.53 bits per heavy atom. The number of amides is 2. The van der Waals surface area contributed by atoms with E-state index in [9.17, 15) is 9.59 Å². The molecule has 0 heterocycles. The second-order valence-electron chi connectivity index (χ2n) is 8.17. The zero-order valence-electron chi connectivity index (χ0n) is 19.7. The van der Waals surface area contributed by atoms with Gasteiger partial charge in [-0.2, -0.15) is 0 Å². The van der Waals surface area contributed by atoms with Gasteiger partial charge in [-0.05, 0) is 54.8 Å². The molecule has 0 fully saturated rings. The number of carbonyl (C=O) groups is 2. The first-order valence-corrected chi connectivity index (χ1v) is 11.5. The summed E-state index contributed by atoms with van der Waals surface area (Å²) in [5, 5.41) is 6.01. The molecule has 0 saturated carbocycles. The van der Waals surface area contributed by atoms with Gasteiger partial charge in [0.25, 0.3) is 0 Å². The number of carbonyl (C=O) groups excluding carboxylic acids is 2. The number of nitrogens with zero attached hydrogens (tertiary/aromatic N) is 1. The molecule has 0 aliphatic rings. The van der Waals surface area contributed by atoms with E-state index in [2.05, 4.69) is 17.6 Å². The molecule has 6 nitrogen and oxygen atoms in total. The summed E-state index contributed by atoms with van der Waals surface area (Å²) < 4.78 is 5.76. The molecule has 0 aliphatic heterocycles. The van der Waals surface area contributed by atoms with E-state index in [1.165, 1.54) is 25.7 Å². The van der Waals surface area contributed by atoms with Crippen LogP contribution in [0.25, 0.3) is 0 Å². The maximum atomic E-state index is 12.2. The van der Waals surface area contributed by atoms with Gasteiger partial charge in [-0.3, -0.25) is 9.59 Å². The number of ether oxygens (including phenoxy) is 1. The summed E-state index contributed by atoms with van der Waals surface area (Å²) in [7, 11) is 3.53. The quantitative estimate of drug-likeness (QED) is 0.402. The molecule has 0 aromatic heterocycles. The van der Waals surface area contributed by atoms with E-state index in [0.29, 0.717) is 12.8 Å². The van der Waals surface area contributed by atoms with Crippen molar-refractivity contribution in [2.45, 2.75) is 51.9 Å². The Morgan fingerprint density at radius 1 is 0.875 bits per heavy atom. The number of hydrogen-bond donors (Lipinski definition) is 2. The van der Waals surface area contributed by atoms with Crippen molar-refractivity contribution in [3.8, 4) is 5.75 Å². The largest absolute Gasteiger partial charge is 0.494 e. The fourth-order valence-electron chi connectivity index (χ4n) is 3.18. The van der Waals surface area contributed by atoms with Crippen LogP contribution in [-0.4, -0.2) is 44.0 Å². The lowest BCUT2D eigenvalue weighted by atomic mass is 10.1. The number of anilines is 2. The standard InChI is InChI=1S/C26H37N3O3/c1-4-5-6-7-8-19-32-24-16-14-23(15-17-24)28-25(30)20-27-22-12-9-21(10-13-22)11-18-26(31)29(2)3/h9-10,12-17,27H,4-8,11,18-20H2,1-3H3,(H,28,30). The van der Waals surface area contributed by atoms with Crippen LogP contribution in [0.15, 0.2) is 48.5 Å². The highest BCUT2D eigenvalue weighted by molar-refractivity contribution is 5.93. The molecule has 0 atom stereocenters. The summed E-state index contributed by atoms with van der Waals surface area (Å²) in [4.78, 5) is 25.5. The average Bonchev–Trinajstić information content (AvgIpc) is 2.80. The van der Waals surface area contributed by atoms with E-state index >= 15 is 0 Å². The summed E-state index contributed by atoms with van der Waals surface area (Å²) in [6, 6.07) is 15.3. The molecule has 0 bridgehead atoms. The van der Waals surface area contributed by atoms with Gasteiger partial charge in [0.2, 0.25) is 11.8 Å². The second-order valence-corrected chi connectivity index (χ2v) is 8.17. The van der Waals surface area contributed by atoms with Crippen LogP contribution in [-0.2, 0) is 16.0 Å². The van der Waals surface area contributed by atoms with Crippen molar-refractivity contribution in [2.75, 3.05) is 37.9 Å². The van der Waals surface area contributed by atoms with Crippen molar-refractivity contribution >= 4 is 23.2 Å². The number of benzene rings is 2. The molecule has 0 aliphatic carbocycles. The Morgan fingerprint density at radius 3 is 2.19 bits per heavy atom. The molecule has 2 amide bonds. The van der Waals surface area contributed by atoms with E-state index in [1.807, 2.05) is 48.5 Å². The molecule has 0 radical (unpaired) electrons. The smallest absolute Gasteiger partial charge is 0.243 e. The zero-order valence-corrected chi connectivity index (χ0v) is 19.7. The lowest BCUT2D eigenvalue weighted by Crippen LogP contribution is -2.22. The zero-order chi connectivity index (χ0) is 23.2. The highest BCUT2D eigenvalue weighted by atomic mass is 16.5. The monoisotopic (exact) mass is 439 g/mol. The molecule has 2 aromatic carbocycles. The Bertz CT molecular complexity index is 817. The summed E-state index contributed by atoms with van der Waals surface area (Å²) in [6.07, 6.45) is 7.26. The van der Waals surface area contributed by atoms with Crippen molar-refractivity contribution in [3.05, 3.63) is 54.1 Å². The molecule has 0 spiro atoms. The molecule has 2 aromatic rings. The first-order valence-electron chi connectivity index (χ1n) is 11.5. The Balaban J connectivity index is 1.67. The third kappa shape index (κ3) is 9.86. The van der Waals surface area contributed by atoms with Crippen LogP contribution in [0.3, 0.4) is 0 Å². The Kier molecular flexibility index (Phi) is 11.1. The van der Waals surface area contributed by atoms with Crippen molar-refractivity contribution in [2.24, 2.45) is 0 Å². The lowest BCUT2D eigenvalue weighted by molar-refractivity contribution is -0.128. The SMILES string of the molecule is CCCCCCCOc1ccc(NC(=O)CNc2ccc(CCC(=O)N(C)C)cc2)cc1. The number of unbranched alkanes of at least 4 members (excludes halogenated alkanes) is 4. The normalized spacial score (nSPS) is 10.5. The highest BCUT2D eigenvalue weighted by Gasteiger charge is 2.06. The number of rotatable bonds is 14.